The molecule has 1 aliphatic rings. The molecule has 2 heterocycles. The van der Waals surface area contributed by atoms with Gasteiger partial charge in [-0.1, -0.05) is 72.3 Å². The molecule has 1 aliphatic heterocycles. The van der Waals surface area contributed by atoms with E-state index < -0.39 is 0 Å². The van der Waals surface area contributed by atoms with E-state index in [4.69, 9.17) is 21.4 Å². The van der Waals surface area contributed by atoms with Gasteiger partial charge in [-0.25, -0.2) is 4.68 Å². The lowest BCUT2D eigenvalue weighted by atomic mass is 9.98. The predicted octanol–water partition coefficient (Wildman–Crippen LogP) is 5.85. The van der Waals surface area contributed by atoms with Crippen molar-refractivity contribution < 1.29 is 9.53 Å². The molecule has 1 aromatic heterocycles. The Balaban J connectivity index is 1.67. The first-order valence-electron chi connectivity index (χ1n) is 9.59. The Hall–Kier alpha value is -3.63. The van der Waals surface area contributed by atoms with Gasteiger partial charge in [0.25, 0.3) is 0 Å². The Morgan fingerprint density at radius 3 is 2.33 bits per heavy atom. The molecule has 0 saturated heterocycles. The van der Waals surface area contributed by atoms with E-state index in [1.165, 1.54) is 0 Å². The highest BCUT2D eigenvalue weighted by atomic mass is 35.5. The van der Waals surface area contributed by atoms with Crippen LogP contribution >= 0.6 is 11.6 Å². The van der Waals surface area contributed by atoms with Gasteiger partial charge in [-0.15, -0.1) is 0 Å². The lowest BCUT2D eigenvalue weighted by Gasteiger charge is -2.18. The number of ether oxygens (including phenoxy) is 1. The highest BCUT2D eigenvalue weighted by Crippen LogP contribution is 2.34. The Morgan fingerprint density at radius 1 is 0.900 bits per heavy atom. The Labute approximate surface area is 179 Å². The zero-order valence-electron chi connectivity index (χ0n) is 16.0. The number of carbonyl (C=O) groups is 1. The molecule has 0 atom stereocenters. The van der Waals surface area contributed by atoms with Crippen LogP contribution in [0.25, 0.3) is 23.0 Å². The van der Waals surface area contributed by atoms with Gasteiger partial charge in [-0.2, -0.15) is 5.10 Å². The highest BCUT2D eigenvalue weighted by Gasteiger charge is 2.25. The molecule has 5 rings (SSSR count). The van der Waals surface area contributed by atoms with Gasteiger partial charge in [-0.3, -0.25) is 4.79 Å². The number of aromatic nitrogens is 2. The quantitative estimate of drug-likeness (QED) is 0.396. The molecule has 0 amide bonds. The lowest BCUT2D eigenvalue weighted by molar-refractivity contribution is 0.100. The van der Waals surface area contributed by atoms with Crippen molar-refractivity contribution in [1.82, 2.24) is 9.78 Å². The first-order valence-corrected chi connectivity index (χ1v) is 9.96. The number of halogens is 1. The molecule has 4 nitrogen and oxygen atoms in total. The Bertz CT molecular complexity index is 1260. The summed E-state index contributed by atoms with van der Waals surface area (Å²) >= 11 is 6.78. The number of para-hydroxylation sites is 2. The first kappa shape index (κ1) is 18.4. The Morgan fingerprint density at radius 2 is 1.57 bits per heavy atom. The van der Waals surface area contributed by atoms with Crippen molar-refractivity contribution in [3.63, 3.8) is 0 Å². The third kappa shape index (κ3) is 3.21. The van der Waals surface area contributed by atoms with Crippen molar-refractivity contribution in [2.24, 2.45) is 0 Å². The fourth-order valence-electron chi connectivity index (χ4n) is 3.54. The maximum atomic E-state index is 13.0. The number of rotatable bonds is 3. The summed E-state index contributed by atoms with van der Waals surface area (Å²) in [6, 6.07) is 26.8. The molecule has 5 heteroatoms. The van der Waals surface area contributed by atoms with Crippen LogP contribution in [0.15, 0.2) is 90.5 Å². The van der Waals surface area contributed by atoms with Gasteiger partial charge >= 0.3 is 0 Å². The molecule has 146 valence electrons. The molecule has 0 fully saturated rings. The monoisotopic (exact) mass is 412 g/mol. The number of benzene rings is 3. The van der Waals surface area contributed by atoms with Gasteiger partial charge in [-0.05, 0) is 30.3 Å². The second-order valence-electron chi connectivity index (χ2n) is 6.95. The minimum atomic E-state index is -0.0561. The molecule has 0 radical (unpaired) electrons. The van der Waals surface area contributed by atoms with Crippen molar-refractivity contribution in [3.05, 3.63) is 107 Å². The van der Waals surface area contributed by atoms with Crippen molar-refractivity contribution in [2.45, 2.75) is 0 Å². The third-order valence-corrected chi connectivity index (χ3v) is 5.40. The van der Waals surface area contributed by atoms with Gasteiger partial charge in [0, 0.05) is 16.7 Å². The van der Waals surface area contributed by atoms with Gasteiger partial charge < -0.3 is 4.74 Å². The van der Waals surface area contributed by atoms with Gasteiger partial charge in [0.2, 0.25) is 0 Å². The fourth-order valence-corrected chi connectivity index (χ4v) is 3.82. The predicted molar refractivity (Wildman–Crippen MR) is 118 cm³/mol. The topological polar surface area (TPSA) is 44.1 Å². The molecular weight excluding hydrogens is 396 g/mol. The first-order chi connectivity index (χ1) is 14.7. The van der Waals surface area contributed by atoms with E-state index in [0.717, 1.165) is 11.3 Å². The summed E-state index contributed by atoms with van der Waals surface area (Å²) in [5, 5.41) is 5.22. The summed E-state index contributed by atoms with van der Waals surface area (Å²) in [5.41, 5.74) is 4.27. The highest BCUT2D eigenvalue weighted by molar-refractivity contribution is 6.32. The number of carbonyl (C=O) groups excluding carboxylic acids is 1. The van der Waals surface area contributed by atoms with E-state index in [1.54, 1.807) is 22.9 Å². The largest absolute Gasteiger partial charge is 0.488 e. The number of Topliss-reactive ketones (excluding diaryl/α,β-unsaturated/α-hetero) is 1. The molecule has 4 aromatic rings. The third-order valence-electron chi connectivity index (χ3n) is 5.04. The zero-order valence-corrected chi connectivity index (χ0v) is 16.7. The summed E-state index contributed by atoms with van der Waals surface area (Å²) in [5.74, 6) is 0.549. The molecule has 0 saturated carbocycles. The zero-order chi connectivity index (χ0) is 20.5. The number of hydrogen-bond donors (Lipinski definition) is 0. The van der Waals surface area contributed by atoms with Crippen LogP contribution in [0.3, 0.4) is 0 Å². The molecule has 0 bridgehead atoms. The molecule has 3 aromatic carbocycles. The average Bonchev–Trinajstić information content (AvgIpc) is 3.13. The minimum absolute atomic E-state index is 0.0561. The summed E-state index contributed by atoms with van der Waals surface area (Å²) < 4.78 is 7.49. The van der Waals surface area contributed by atoms with E-state index >= 15 is 0 Å². The van der Waals surface area contributed by atoms with E-state index in [2.05, 4.69) is 0 Å². The summed E-state index contributed by atoms with van der Waals surface area (Å²) in [6.07, 6.45) is 1.80. The maximum Gasteiger partial charge on any atom is 0.196 e. The SMILES string of the molecule is O=C1/C(=C\c2c(-c3ccccc3)nn(-c3ccccc3)c2Cl)COc2ccccc21. The van der Waals surface area contributed by atoms with Crippen LogP contribution in [0.1, 0.15) is 15.9 Å². The number of ketones is 1. The van der Waals surface area contributed by atoms with Crippen LogP contribution < -0.4 is 4.74 Å². The second-order valence-corrected chi connectivity index (χ2v) is 7.31. The molecule has 0 unspecified atom stereocenters. The summed E-state index contributed by atoms with van der Waals surface area (Å²) in [6.45, 7) is 0.191. The van der Waals surface area contributed by atoms with Crippen molar-refractivity contribution >= 4 is 23.5 Å². The van der Waals surface area contributed by atoms with Gasteiger partial charge in [0.1, 0.15) is 23.2 Å². The van der Waals surface area contributed by atoms with Crippen molar-refractivity contribution in [1.29, 1.82) is 0 Å². The molecule has 0 N–H and O–H groups in total. The lowest BCUT2D eigenvalue weighted by Crippen LogP contribution is -2.18. The fraction of sp³-hybridized carbons (Fsp3) is 0.0400. The molecule has 0 aliphatic carbocycles. The molecule has 0 spiro atoms. The van der Waals surface area contributed by atoms with Crippen LogP contribution in [0, 0.1) is 0 Å². The second kappa shape index (κ2) is 7.65. The number of nitrogens with zero attached hydrogens (tertiary/aromatic N) is 2. The number of fused-ring (bicyclic) bond motifs is 1. The van der Waals surface area contributed by atoms with E-state index in [1.807, 2.05) is 72.8 Å². The van der Waals surface area contributed by atoms with Crippen LogP contribution in [-0.4, -0.2) is 22.2 Å². The van der Waals surface area contributed by atoms with E-state index in [-0.39, 0.29) is 12.4 Å². The normalized spacial score (nSPS) is 14.4. The maximum absolute atomic E-state index is 13.0. The summed E-state index contributed by atoms with van der Waals surface area (Å²) in [4.78, 5) is 13.0. The van der Waals surface area contributed by atoms with Crippen LogP contribution in [0.5, 0.6) is 5.75 Å². The Kier molecular flexibility index (Phi) is 4.69. The minimum Gasteiger partial charge on any atom is -0.488 e. The van der Waals surface area contributed by atoms with Crippen LogP contribution in [-0.2, 0) is 0 Å². The smallest absolute Gasteiger partial charge is 0.196 e. The van der Waals surface area contributed by atoms with E-state index in [0.29, 0.717) is 33.3 Å². The molecule has 30 heavy (non-hydrogen) atoms. The van der Waals surface area contributed by atoms with Crippen LogP contribution in [0.2, 0.25) is 5.15 Å². The average molecular weight is 413 g/mol. The van der Waals surface area contributed by atoms with Crippen LogP contribution in [0.4, 0.5) is 0 Å². The standard InChI is InChI=1S/C25H17ClN2O2/c26-25-21(15-18-16-30-22-14-8-7-13-20(22)24(18)29)23(17-9-3-1-4-10-17)27-28(25)19-11-5-2-6-12-19/h1-15H,16H2/b18-15-. The number of hydrogen-bond acceptors (Lipinski definition) is 3. The van der Waals surface area contributed by atoms with E-state index in [9.17, 15) is 4.79 Å². The van der Waals surface area contributed by atoms with Crippen molar-refractivity contribution in [2.75, 3.05) is 6.61 Å². The van der Waals surface area contributed by atoms with Crippen molar-refractivity contribution in [3.8, 4) is 22.7 Å². The van der Waals surface area contributed by atoms with Gasteiger partial charge in [0.15, 0.2) is 5.78 Å². The summed E-state index contributed by atoms with van der Waals surface area (Å²) in [7, 11) is 0. The molecular formula is C25H17ClN2O2. The van der Waals surface area contributed by atoms with Gasteiger partial charge in [0.05, 0.1) is 11.3 Å².